The molecule has 0 spiro atoms. The predicted octanol–water partition coefficient (Wildman–Crippen LogP) is 7.24. The number of amides is 4. The van der Waals surface area contributed by atoms with Gasteiger partial charge in [-0.3, -0.25) is 14.6 Å². The zero-order chi connectivity index (χ0) is 44.1. The van der Waals surface area contributed by atoms with Gasteiger partial charge in [0, 0.05) is 43.5 Å². The maximum absolute atomic E-state index is 14.4. The average molecular weight is 860 g/mol. The Hall–Kier alpha value is -5.96. The fourth-order valence-corrected chi connectivity index (χ4v) is 10.4. The largest absolute Gasteiger partial charge is 0.488 e. The maximum Gasteiger partial charge on any atom is 0.407 e. The van der Waals surface area contributed by atoms with Crippen LogP contribution in [0.15, 0.2) is 53.7 Å². The van der Waals surface area contributed by atoms with E-state index in [0.29, 0.717) is 51.5 Å². The number of fused-ring (bicyclic) bond motifs is 6. The Kier molecular flexibility index (Phi) is 11.6. The number of benzene rings is 3. The molecule has 0 bridgehead atoms. The summed E-state index contributed by atoms with van der Waals surface area (Å²) in [6, 6.07) is 13.1. The Morgan fingerprint density at radius 1 is 0.889 bits per heavy atom. The van der Waals surface area contributed by atoms with Gasteiger partial charge in [-0.15, -0.1) is 0 Å². The van der Waals surface area contributed by atoms with Crippen molar-refractivity contribution in [2.75, 3.05) is 34.0 Å². The van der Waals surface area contributed by atoms with E-state index in [1.807, 2.05) is 29.8 Å². The van der Waals surface area contributed by atoms with Gasteiger partial charge in [0.25, 0.3) is 0 Å². The van der Waals surface area contributed by atoms with Crippen LogP contribution in [0.25, 0.3) is 33.2 Å². The number of aliphatic imine (C=N–C) groups is 1. The topological polar surface area (TPSA) is 177 Å². The summed E-state index contributed by atoms with van der Waals surface area (Å²) in [4.78, 5) is 70.0. The molecule has 3 N–H and O–H groups in total. The molecule has 1 aromatic heterocycles. The summed E-state index contributed by atoms with van der Waals surface area (Å²) in [5, 5.41) is 7.77. The minimum atomic E-state index is -0.712. The van der Waals surface area contributed by atoms with Gasteiger partial charge in [0.2, 0.25) is 11.8 Å². The van der Waals surface area contributed by atoms with Gasteiger partial charge in [0.15, 0.2) is 0 Å². The average Bonchev–Trinajstić information content (AvgIpc) is 4.12. The Labute approximate surface area is 367 Å². The number of methoxy groups -OCH3 is 2. The van der Waals surface area contributed by atoms with Gasteiger partial charge in [-0.05, 0) is 114 Å². The van der Waals surface area contributed by atoms with E-state index in [-0.39, 0.29) is 47.7 Å². The Morgan fingerprint density at radius 3 is 2.43 bits per heavy atom. The molecule has 4 aromatic rings. The van der Waals surface area contributed by atoms with Gasteiger partial charge in [0.05, 0.1) is 43.9 Å². The summed E-state index contributed by atoms with van der Waals surface area (Å²) < 4.78 is 21.8. The van der Waals surface area contributed by atoms with Crippen molar-refractivity contribution >= 4 is 46.2 Å². The molecule has 9 rings (SSSR count). The number of aromatic nitrogens is 2. The van der Waals surface area contributed by atoms with Gasteiger partial charge in [0.1, 0.15) is 30.3 Å². The fourth-order valence-electron chi connectivity index (χ4n) is 10.4. The maximum atomic E-state index is 14.4. The number of hydrogen-bond acceptors (Lipinski definition) is 10. The standard InChI is InChI=1S/C48H57N7O8/c1-25(2)42(52-47(58)60-5)45(56)54-23-26(3)17-40(54)44-49-22-38(51-44)30-8-10-32-31(18-30)24-63-41-21-33-29(19-35(32)41)9-11-36-34(33)20-37(50-36)39-12-7-27(4)55(39)46(57)43(53-48(59)61-6)28-13-15-62-16-14-28/h8-11,18-19,21-22,25-28,39-40,42-43H,7,12-17,20,23-24H2,1-6H3,(H,49,51)(H,52,58)(H,53,59)/t26-,27-,39-,40-,42-,43-/m0/s1. The van der Waals surface area contributed by atoms with Crippen molar-refractivity contribution in [3.63, 3.8) is 0 Å². The van der Waals surface area contributed by atoms with Gasteiger partial charge in [-0.1, -0.05) is 39.0 Å². The highest BCUT2D eigenvalue weighted by Gasteiger charge is 2.44. The van der Waals surface area contributed by atoms with Crippen LogP contribution in [0.4, 0.5) is 15.3 Å². The lowest BCUT2D eigenvalue weighted by molar-refractivity contribution is -0.137. The summed E-state index contributed by atoms with van der Waals surface area (Å²) in [7, 11) is 2.62. The first-order valence-corrected chi connectivity index (χ1v) is 22.3. The van der Waals surface area contributed by atoms with Crippen molar-refractivity contribution in [2.45, 2.75) is 103 Å². The normalized spacial score (nSPS) is 22.7. The summed E-state index contributed by atoms with van der Waals surface area (Å²) in [6.07, 6.45) is 5.01. The lowest BCUT2D eigenvalue weighted by atomic mass is 9.90. The van der Waals surface area contributed by atoms with Crippen LogP contribution in [0, 0.1) is 17.8 Å². The molecule has 6 atom stereocenters. The second-order valence-corrected chi connectivity index (χ2v) is 18.2. The van der Waals surface area contributed by atoms with Crippen molar-refractivity contribution in [1.82, 2.24) is 30.4 Å². The number of carbonyl (C=O) groups excluding carboxylic acids is 4. The predicted molar refractivity (Wildman–Crippen MR) is 237 cm³/mol. The quantitative estimate of drug-likeness (QED) is 0.157. The number of hydrogen-bond donors (Lipinski definition) is 3. The molecule has 3 aromatic carbocycles. The van der Waals surface area contributed by atoms with Crippen molar-refractivity contribution < 1.29 is 38.1 Å². The number of rotatable bonds is 9. The van der Waals surface area contributed by atoms with E-state index in [1.54, 1.807) is 0 Å². The van der Waals surface area contributed by atoms with E-state index < -0.39 is 24.3 Å². The third-order valence-electron chi connectivity index (χ3n) is 13.8. The number of nitrogens with zero attached hydrogens (tertiary/aromatic N) is 4. The molecule has 63 heavy (non-hydrogen) atoms. The SMILES string of the molecule is COC(=O)N[C@H](C(=O)N1C[C@@H](C)C[C@H]1c1ncc(-c2ccc3c(c2)COc2cc4c5c(ccc4cc2-3)N=C([C@@H]2CC[C@H](C)N2C(=O)[C@@H](NC(=O)OC)C2CCOCC2)C5)[nH]1)C(C)C. The van der Waals surface area contributed by atoms with Crippen LogP contribution in [0.2, 0.25) is 0 Å². The summed E-state index contributed by atoms with van der Waals surface area (Å²) in [5.41, 5.74) is 8.00. The molecule has 5 aliphatic heterocycles. The van der Waals surface area contributed by atoms with E-state index in [4.69, 9.17) is 28.9 Å². The summed E-state index contributed by atoms with van der Waals surface area (Å²) in [6.45, 7) is 10.1. The lowest BCUT2D eigenvalue weighted by Gasteiger charge is -2.36. The highest BCUT2D eigenvalue weighted by molar-refractivity contribution is 6.06. The molecule has 4 amide bonds. The van der Waals surface area contributed by atoms with E-state index in [0.717, 1.165) is 80.7 Å². The Morgan fingerprint density at radius 2 is 1.67 bits per heavy atom. The molecule has 332 valence electrons. The minimum absolute atomic E-state index is 0.00163. The molecule has 5 aliphatic rings. The molecular weight excluding hydrogens is 803 g/mol. The molecule has 3 fully saturated rings. The van der Waals surface area contributed by atoms with Gasteiger partial charge in [-0.2, -0.15) is 0 Å². The molecule has 6 heterocycles. The van der Waals surface area contributed by atoms with Crippen LogP contribution in [-0.2, 0) is 36.8 Å². The summed E-state index contributed by atoms with van der Waals surface area (Å²) in [5.74, 6) is 1.40. The molecule has 15 heteroatoms. The number of nitrogens with one attached hydrogen (secondary N) is 3. The van der Waals surface area contributed by atoms with Gasteiger partial charge in [-0.25, -0.2) is 14.6 Å². The smallest absolute Gasteiger partial charge is 0.407 e. The zero-order valence-electron chi connectivity index (χ0n) is 36.9. The van der Waals surface area contributed by atoms with Crippen molar-refractivity contribution in [1.29, 1.82) is 0 Å². The number of ether oxygens (including phenoxy) is 4. The Balaban J connectivity index is 0.933. The first-order chi connectivity index (χ1) is 30.4. The number of likely N-dealkylation sites (tertiary alicyclic amines) is 2. The second kappa shape index (κ2) is 17.3. The van der Waals surface area contributed by atoms with Crippen LogP contribution in [0.3, 0.4) is 0 Å². The fraction of sp³-hybridized carbons (Fsp3) is 0.500. The first-order valence-electron chi connectivity index (χ1n) is 22.3. The number of aromatic amines is 1. The Bertz CT molecular complexity index is 2480. The molecule has 0 saturated carbocycles. The number of imidazole rings is 1. The monoisotopic (exact) mass is 859 g/mol. The second-order valence-electron chi connectivity index (χ2n) is 18.2. The molecule has 0 unspecified atom stereocenters. The van der Waals surface area contributed by atoms with E-state index in [2.05, 4.69) is 71.9 Å². The molecule has 0 aliphatic carbocycles. The minimum Gasteiger partial charge on any atom is -0.488 e. The van der Waals surface area contributed by atoms with Crippen molar-refractivity contribution in [2.24, 2.45) is 22.7 Å². The number of H-pyrrole nitrogens is 1. The van der Waals surface area contributed by atoms with Gasteiger partial charge >= 0.3 is 12.2 Å². The number of alkyl carbamates (subject to hydrolysis) is 2. The molecule has 0 radical (unpaired) electrons. The first kappa shape index (κ1) is 42.3. The van der Waals surface area contributed by atoms with Crippen LogP contribution in [-0.4, -0.2) is 108 Å². The van der Waals surface area contributed by atoms with Crippen molar-refractivity contribution in [3.05, 3.63) is 65.6 Å². The zero-order valence-corrected chi connectivity index (χ0v) is 36.9. The molecule has 3 saturated heterocycles. The van der Waals surface area contributed by atoms with E-state index in [1.165, 1.54) is 14.2 Å². The van der Waals surface area contributed by atoms with E-state index >= 15 is 0 Å². The van der Waals surface area contributed by atoms with Gasteiger partial charge < -0.3 is 44.4 Å². The number of carbonyl (C=O) groups is 4. The van der Waals surface area contributed by atoms with Crippen LogP contribution < -0.4 is 15.4 Å². The third-order valence-corrected chi connectivity index (χ3v) is 13.8. The molecule has 15 nitrogen and oxygen atoms in total. The van der Waals surface area contributed by atoms with Crippen LogP contribution >= 0.6 is 0 Å². The lowest BCUT2D eigenvalue weighted by Crippen LogP contribution is -2.57. The summed E-state index contributed by atoms with van der Waals surface area (Å²) >= 11 is 0. The van der Waals surface area contributed by atoms with Crippen LogP contribution in [0.5, 0.6) is 5.75 Å². The van der Waals surface area contributed by atoms with Crippen LogP contribution in [0.1, 0.15) is 82.8 Å². The van der Waals surface area contributed by atoms with E-state index in [9.17, 15) is 19.2 Å². The highest BCUT2D eigenvalue weighted by Crippen LogP contribution is 2.45. The third kappa shape index (κ3) is 8.00. The highest BCUT2D eigenvalue weighted by atomic mass is 16.5. The van der Waals surface area contributed by atoms with Crippen molar-refractivity contribution in [3.8, 4) is 28.1 Å². The molecular formula is C48H57N7O8.